The molecular weight excluding hydrogens is 762 g/mol. The summed E-state index contributed by atoms with van der Waals surface area (Å²) in [4.78, 5) is 16.0. The number of unbranched alkanes of at least 4 members (excludes halogenated alkanes) is 2. The lowest BCUT2D eigenvalue weighted by Gasteiger charge is -2.32. The molecule has 1 amide bonds. The van der Waals surface area contributed by atoms with E-state index in [2.05, 4.69) is 15.2 Å². The zero-order valence-corrected chi connectivity index (χ0v) is 31.2. The van der Waals surface area contributed by atoms with E-state index in [0.717, 1.165) is 5.56 Å². The number of halogens is 6. The fourth-order valence-electron chi connectivity index (χ4n) is 5.24. The molecule has 0 saturated carbocycles. The second kappa shape index (κ2) is 16.9. The van der Waals surface area contributed by atoms with Crippen LogP contribution in [0.15, 0.2) is 70.0 Å². The van der Waals surface area contributed by atoms with Gasteiger partial charge in [0.25, 0.3) is 21.9 Å². The van der Waals surface area contributed by atoms with Gasteiger partial charge in [-0.15, -0.1) is 10.2 Å². The van der Waals surface area contributed by atoms with Crippen LogP contribution in [0, 0.1) is 6.92 Å². The number of hydrogen-bond donors (Lipinski definition) is 2. The molecule has 0 saturated heterocycles. The van der Waals surface area contributed by atoms with Crippen LogP contribution in [0.3, 0.4) is 0 Å². The number of alkyl halides is 6. The number of amides is 1. The minimum Gasteiger partial charge on any atom is -0.493 e. The molecule has 300 valence electrons. The lowest BCUT2D eigenvalue weighted by Crippen LogP contribution is -2.45. The summed E-state index contributed by atoms with van der Waals surface area (Å²) in [6, 6.07) is 14.2. The van der Waals surface area contributed by atoms with Gasteiger partial charge in [-0.2, -0.15) is 34.8 Å². The number of nitrogens with zero attached hydrogens (tertiary/aromatic N) is 3. The lowest BCUT2D eigenvalue weighted by molar-refractivity contribution is -0.300. The Kier molecular flexibility index (Phi) is 13.2. The third-order valence-corrected chi connectivity index (χ3v) is 9.37. The molecule has 12 nitrogen and oxygen atoms in total. The molecule has 0 bridgehead atoms. The maximum absolute atomic E-state index is 15.2. The smallest absolute Gasteiger partial charge is 0.426 e. The second-order valence-electron chi connectivity index (χ2n) is 13.7. The second-order valence-corrected chi connectivity index (χ2v) is 15.2. The monoisotopic (exact) mass is 802 g/mol. The average molecular weight is 803 g/mol. The third kappa shape index (κ3) is 11.4. The van der Waals surface area contributed by atoms with Gasteiger partial charge in [0, 0.05) is 0 Å². The fourth-order valence-corrected chi connectivity index (χ4v) is 6.35. The molecule has 0 radical (unpaired) electrons. The molecule has 0 aliphatic heterocycles. The molecule has 0 fully saturated rings. The predicted molar refractivity (Wildman–Crippen MR) is 185 cm³/mol. The highest BCUT2D eigenvalue weighted by Crippen LogP contribution is 2.47. The van der Waals surface area contributed by atoms with Gasteiger partial charge in [0.15, 0.2) is 5.69 Å². The van der Waals surface area contributed by atoms with Gasteiger partial charge in [-0.25, -0.2) is 9.78 Å². The average Bonchev–Trinajstić information content (AvgIpc) is 3.55. The van der Waals surface area contributed by atoms with E-state index in [0.29, 0.717) is 11.6 Å². The number of nitrogens with one attached hydrogen (secondary N) is 1. The Labute approximate surface area is 313 Å². The van der Waals surface area contributed by atoms with Crippen LogP contribution in [0.5, 0.6) is 5.88 Å². The van der Waals surface area contributed by atoms with Crippen LogP contribution in [0.2, 0.25) is 0 Å². The zero-order valence-electron chi connectivity index (χ0n) is 30.4. The summed E-state index contributed by atoms with van der Waals surface area (Å²) in [5.41, 5.74) is -6.40. The van der Waals surface area contributed by atoms with Crippen molar-refractivity contribution < 1.29 is 62.7 Å². The number of anilines is 1. The maximum atomic E-state index is 15.2. The van der Waals surface area contributed by atoms with Crippen molar-refractivity contribution in [2.24, 2.45) is 0 Å². The summed E-state index contributed by atoms with van der Waals surface area (Å²) in [6.45, 7) is 7.17. The van der Waals surface area contributed by atoms with Crippen LogP contribution in [-0.2, 0) is 42.2 Å². The van der Waals surface area contributed by atoms with Crippen molar-refractivity contribution in [1.29, 1.82) is 0 Å². The highest BCUT2D eigenvalue weighted by Gasteiger charge is 2.61. The summed E-state index contributed by atoms with van der Waals surface area (Å²) in [5, 5.41) is 19.4. The SMILES string of the molecule is Cc1ccc(S(=O)(=O)O[C@@H](C)CCCCC[C@@](OCc2ccccc2)(c2nnc(-c3nc(O)c(C(F)(F)F)cc3NC(=O)OC(C)(C)C)o2)C(F)(F)F)cc1. The zero-order chi connectivity index (χ0) is 40.8. The van der Waals surface area contributed by atoms with Crippen molar-refractivity contribution in [2.45, 2.75) is 108 Å². The fraction of sp³-hybridized carbons (Fsp3) is 0.444. The van der Waals surface area contributed by atoms with Crippen LogP contribution in [0.1, 0.15) is 82.4 Å². The molecule has 2 atom stereocenters. The molecule has 2 heterocycles. The van der Waals surface area contributed by atoms with Gasteiger partial charge < -0.3 is 19.0 Å². The van der Waals surface area contributed by atoms with Gasteiger partial charge in [-0.05, 0) is 77.6 Å². The van der Waals surface area contributed by atoms with E-state index in [-0.39, 0.29) is 30.6 Å². The number of ether oxygens (including phenoxy) is 2. The van der Waals surface area contributed by atoms with Crippen LogP contribution < -0.4 is 5.32 Å². The Morgan fingerprint density at radius 1 is 0.945 bits per heavy atom. The molecule has 19 heteroatoms. The minimum atomic E-state index is -5.21. The third-order valence-electron chi connectivity index (χ3n) is 7.94. The standard InChI is InChI=1S/C36H40F6N4O8S/c1-22-15-17-25(18-16-22)55(49,50)54-23(2)12-8-7-11-19-34(36(40,41)42,51-21-24-13-9-6-10-14-24)31-46-45-30(52-31)28-27(43-32(48)53-33(3,4)5)20-26(29(47)44-28)35(37,38)39/h6,9-10,13-18,20,23H,7-8,11-12,19,21H2,1-5H3,(H,43,48)(H,44,47)/t23-,34+/m0/s1. The summed E-state index contributed by atoms with van der Waals surface area (Å²) in [5.74, 6) is -3.59. The Morgan fingerprint density at radius 2 is 1.60 bits per heavy atom. The Morgan fingerprint density at radius 3 is 2.20 bits per heavy atom. The van der Waals surface area contributed by atoms with E-state index in [1.165, 1.54) is 52.0 Å². The predicted octanol–water partition coefficient (Wildman–Crippen LogP) is 9.23. The summed E-state index contributed by atoms with van der Waals surface area (Å²) < 4.78 is 134. The molecule has 0 aliphatic rings. The van der Waals surface area contributed by atoms with Gasteiger partial charge in [-0.3, -0.25) is 9.50 Å². The number of aromatic nitrogens is 3. The Balaban J connectivity index is 1.63. The van der Waals surface area contributed by atoms with Crippen molar-refractivity contribution in [2.75, 3.05) is 5.32 Å². The first-order valence-corrected chi connectivity index (χ1v) is 18.3. The Bertz CT molecular complexity index is 2020. The van der Waals surface area contributed by atoms with Crippen molar-refractivity contribution >= 4 is 21.9 Å². The van der Waals surface area contributed by atoms with Crippen LogP contribution in [-0.4, -0.2) is 52.7 Å². The van der Waals surface area contributed by atoms with Gasteiger partial charge in [0.1, 0.15) is 11.2 Å². The van der Waals surface area contributed by atoms with Gasteiger partial charge in [-0.1, -0.05) is 60.9 Å². The first-order valence-electron chi connectivity index (χ1n) is 16.9. The molecule has 55 heavy (non-hydrogen) atoms. The molecule has 0 spiro atoms. The maximum Gasteiger partial charge on any atom is 0.426 e. The first kappa shape index (κ1) is 43.0. The van der Waals surface area contributed by atoms with Gasteiger partial charge in [0.2, 0.25) is 11.5 Å². The largest absolute Gasteiger partial charge is 0.493 e. The van der Waals surface area contributed by atoms with Gasteiger partial charge in [0.05, 0.1) is 23.3 Å². The number of aryl methyl sites for hydroxylation is 1. The summed E-state index contributed by atoms with van der Waals surface area (Å²) in [6.07, 6.45) is -12.8. The number of carbonyl (C=O) groups excluding carboxylic acids is 1. The number of aromatic hydroxyl groups is 1. The van der Waals surface area contributed by atoms with Crippen molar-refractivity contribution in [1.82, 2.24) is 15.2 Å². The summed E-state index contributed by atoms with van der Waals surface area (Å²) >= 11 is 0. The minimum absolute atomic E-state index is 0.0381. The molecule has 4 aromatic rings. The van der Waals surface area contributed by atoms with Crippen molar-refractivity contribution in [3.8, 4) is 17.5 Å². The lowest BCUT2D eigenvalue weighted by atomic mass is 9.94. The Hall–Kier alpha value is -4.75. The summed E-state index contributed by atoms with van der Waals surface area (Å²) in [7, 11) is -4.09. The first-order chi connectivity index (χ1) is 25.5. The van der Waals surface area contributed by atoms with E-state index >= 15 is 13.2 Å². The van der Waals surface area contributed by atoms with Crippen LogP contribution in [0.25, 0.3) is 11.6 Å². The highest BCUT2D eigenvalue weighted by atomic mass is 32.2. The number of pyridine rings is 1. The number of carbonyl (C=O) groups is 1. The number of rotatable bonds is 15. The normalized spacial score (nSPS) is 14.3. The molecule has 0 aliphatic carbocycles. The van der Waals surface area contributed by atoms with E-state index in [9.17, 15) is 31.5 Å². The van der Waals surface area contributed by atoms with E-state index in [4.69, 9.17) is 18.1 Å². The van der Waals surface area contributed by atoms with E-state index in [1.54, 1.807) is 37.3 Å². The molecule has 2 aromatic carbocycles. The molecular formula is C36H40F6N4O8S. The van der Waals surface area contributed by atoms with Crippen molar-refractivity contribution in [3.63, 3.8) is 0 Å². The molecule has 4 rings (SSSR count). The molecule has 2 aromatic heterocycles. The number of benzene rings is 2. The topological polar surface area (TPSA) is 163 Å². The highest BCUT2D eigenvalue weighted by molar-refractivity contribution is 7.86. The molecule has 2 N–H and O–H groups in total. The molecule has 0 unspecified atom stereocenters. The van der Waals surface area contributed by atoms with Crippen LogP contribution in [0.4, 0.5) is 36.8 Å². The van der Waals surface area contributed by atoms with Crippen molar-refractivity contribution in [3.05, 3.63) is 83.2 Å². The van der Waals surface area contributed by atoms with Crippen LogP contribution >= 0.6 is 0 Å². The van der Waals surface area contributed by atoms with E-state index < -0.39 is 93.5 Å². The van der Waals surface area contributed by atoms with E-state index in [1.807, 2.05) is 5.32 Å². The quantitative estimate of drug-likeness (QED) is 0.0669. The number of hydrogen-bond acceptors (Lipinski definition) is 11. The van der Waals surface area contributed by atoms with Gasteiger partial charge >= 0.3 is 18.4 Å².